The Labute approximate surface area is 111 Å². The van der Waals surface area contributed by atoms with Crippen LogP contribution in [0.25, 0.3) is 5.83 Å². The number of hydrogen-bond donors (Lipinski definition) is 0. The molecule has 5 heteroatoms. The van der Waals surface area contributed by atoms with E-state index in [1.54, 1.807) is 0 Å². The summed E-state index contributed by atoms with van der Waals surface area (Å²) < 4.78 is 68.4. The van der Waals surface area contributed by atoms with Crippen molar-refractivity contribution in [2.24, 2.45) is 0 Å². The summed E-state index contributed by atoms with van der Waals surface area (Å²) in [5.41, 5.74) is -0.940. The SMILES string of the molecule is FC1=C(F)C(c2cccc(F)c2F)c2cccc(F)c21. The molecule has 0 fully saturated rings. The fourth-order valence-electron chi connectivity index (χ4n) is 2.44. The zero-order chi connectivity index (χ0) is 14.4. The van der Waals surface area contributed by atoms with Crippen LogP contribution in [0.2, 0.25) is 0 Å². The zero-order valence-electron chi connectivity index (χ0n) is 9.93. The fraction of sp³-hybridized carbons (Fsp3) is 0.0667. The quantitative estimate of drug-likeness (QED) is 0.655. The lowest BCUT2D eigenvalue weighted by Gasteiger charge is -2.13. The number of hydrogen-bond acceptors (Lipinski definition) is 0. The van der Waals surface area contributed by atoms with Gasteiger partial charge in [-0.05, 0) is 17.7 Å². The maximum absolute atomic E-state index is 14.0. The fourth-order valence-corrected chi connectivity index (χ4v) is 2.44. The van der Waals surface area contributed by atoms with Crippen LogP contribution < -0.4 is 0 Å². The Bertz CT molecular complexity index is 733. The number of halogens is 5. The summed E-state index contributed by atoms with van der Waals surface area (Å²) in [4.78, 5) is 0. The molecule has 0 N–H and O–H groups in total. The molecule has 0 nitrogen and oxygen atoms in total. The van der Waals surface area contributed by atoms with Crippen molar-refractivity contribution in [3.05, 3.63) is 76.4 Å². The summed E-state index contributed by atoms with van der Waals surface area (Å²) >= 11 is 0. The lowest BCUT2D eigenvalue weighted by molar-refractivity contribution is 0.487. The van der Waals surface area contributed by atoms with Gasteiger partial charge in [-0.15, -0.1) is 0 Å². The first-order valence-corrected chi connectivity index (χ1v) is 5.80. The summed E-state index contributed by atoms with van der Waals surface area (Å²) in [6.45, 7) is 0. The van der Waals surface area contributed by atoms with Gasteiger partial charge >= 0.3 is 0 Å². The van der Waals surface area contributed by atoms with Crippen molar-refractivity contribution in [2.45, 2.75) is 5.92 Å². The highest BCUT2D eigenvalue weighted by atomic mass is 19.2. The third-order valence-electron chi connectivity index (χ3n) is 3.33. The standard InChI is InChI=1S/C15H7F5/c16-9-5-1-3-7-11(14(19)15(20)12(7)9)8-4-2-6-10(17)13(8)18/h1-6,11H. The highest BCUT2D eigenvalue weighted by molar-refractivity contribution is 5.74. The van der Waals surface area contributed by atoms with E-state index in [0.717, 1.165) is 18.2 Å². The maximum atomic E-state index is 14.0. The first kappa shape index (κ1) is 12.8. The average Bonchev–Trinajstić information content (AvgIpc) is 2.67. The minimum atomic E-state index is -1.46. The summed E-state index contributed by atoms with van der Waals surface area (Å²) in [6.07, 6.45) is 0. The number of benzene rings is 2. The molecule has 2 aromatic carbocycles. The van der Waals surface area contributed by atoms with Gasteiger partial charge in [0.05, 0.1) is 11.5 Å². The van der Waals surface area contributed by atoms with Gasteiger partial charge in [-0.3, -0.25) is 0 Å². The molecular weight excluding hydrogens is 275 g/mol. The zero-order valence-corrected chi connectivity index (χ0v) is 9.93. The predicted octanol–water partition coefficient (Wildman–Crippen LogP) is 4.86. The minimum Gasteiger partial charge on any atom is -0.208 e. The largest absolute Gasteiger partial charge is 0.208 e. The first-order valence-electron chi connectivity index (χ1n) is 5.80. The Morgan fingerprint density at radius 3 is 2.00 bits per heavy atom. The molecule has 1 unspecified atom stereocenters. The van der Waals surface area contributed by atoms with Crippen molar-refractivity contribution in [2.75, 3.05) is 0 Å². The van der Waals surface area contributed by atoms with Gasteiger partial charge < -0.3 is 0 Å². The van der Waals surface area contributed by atoms with Crippen molar-refractivity contribution in [1.29, 1.82) is 0 Å². The molecule has 3 rings (SSSR count). The Morgan fingerprint density at radius 2 is 1.30 bits per heavy atom. The van der Waals surface area contributed by atoms with Crippen molar-refractivity contribution < 1.29 is 22.0 Å². The molecule has 0 aromatic heterocycles. The van der Waals surface area contributed by atoms with Crippen molar-refractivity contribution >= 4 is 5.83 Å². The van der Waals surface area contributed by atoms with Crippen LogP contribution in [-0.2, 0) is 0 Å². The van der Waals surface area contributed by atoms with Crippen molar-refractivity contribution in [3.8, 4) is 0 Å². The number of rotatable bonds is 1. The maximum Gasteiger partial charge on any atom is 0.166 e. The molecule has 1 atom stereocenters. The summed E-state index contributed by atoms with van der Waals surface area (Å²) in [5.74, 6) is -7.51. The van der Waals surface area contributed by atoms with Gasteiger partial charge in [-0.2, -0.15) is 0 Å². The van der Waals surface area contributed by atoms with Crippen molar-refractivity contribution in [3.63, 3.8) is 0 Å². The molecule has 0 radical (unpaired) electrons. The van der Waals surface area contributed by atoms with Crippen LogP contribution in [0.15, 0.2) is 42.2 Å². The van der Waals surface area contributed by atoms with Crippen molar-refractivity contribution in [1.82, 2.24) is 0 Å². The number of fused-ring (bicyclic) bond motifs is 1. The molecule has 0 saturated heterocycles. The van der Waals surface area contributed by atoms with Gasteiger partial charge in [0, 0.05) is 5.56 Å². The van der Waals surface area contributed by atoms with E-state index in [2.05, 4.69) is 0 Å². The monoisotopic (exact) mass is 282 g/mol. The number of allylic oxidation sites excluding steroid dienone is 1. The van der Waals surface area contributed by atoms with E-state index in [1.807, 2.05) is 0 Å². The van der Waals surface area contributed by atoms with Crippen LogP contribution in [0.1, 0.15) is 22.6 Å². The second kappa shape index (κ2) is 4.44. The van der Waals surface area contributed by atoms with E-state index in [0.29, 0.717) is 0 Å². The van der Waals surface area contributed by atoms with E-state index < -0.39 is 40.6 Å². The lowest BCUT2D eigenvalue weighted by Crippen LogP contribution is -2.04. The van der Waals surface area contributed by atoms with Crippen LogP contribution in [0.5, 0.6) is 0 Å². The molecular formula is C15H7F5. The van der Waals surface area contributed by atoms with Crippen LogP contribution in [0, 0.1) is 17.5 Å². The van der Waals surface area contributed by atoms with E-state index in [-0.39, 0.29) is 11.1 Å². The van der Waals surface area contributed by atoms with Crippen LogP contribution in [0.3, 0.4) is 0 Å². The minimum absolute atomic E-state index is 0.0514. The Balaban J connectivity index is 2.27. The second-order valence-corrected chi connectivity index (χ2v) is 4.44. The third kappa shape index (κ3) is 1.66. The molecule has 0 bridgehead atoms. The average molecular weight is 282 g/mol. The van der Waals surface area contributed by atoms with Gasteiger partial charge in [0.2, 0.25) is 0 Å². The topological polar surface area (TPSA) is 0 Å². The van der Waals surface area contributed by atoms with Crippen LogP contribution in [0.4, 0.5) is 22.0 Å². The van der Waals surface area contributed by atoms with E-state index in [4.69, 9.17) is 0 Å². The smallest absolute Gasteiger partial charge is 0.166 e. The molecule has 0 heterocycles. The molecule has 102 valence electrons. The highest BCUT2D eigenvalue weighted by Crippen LogP contribution is 2.48. The van der Waals surface area contributed by atoms with E-state index in [1.165, 1.54) is 18.2 Å². The van der Waals surface area contributed by atoms with Crippen LogP contribution in [-0.4, -0.2) is 0 Å². The van der Waals surface area contributed by atoms with Gasteiger partial charge in [-0.1, -0.05) is 24.3 Å². The molecule has 0 spiro atoms. The Hall–Kier alpha value is -2.17. The molecule has 20 heavy (non-hydrogen) atoms. The normalized spacial score (nSPS) is 17.6. The van der Waals surface area contributed by atoms with Gasteiger partial charge in [-0.25, -0.2) is 22.0 Å². The van der Waals surface area contributed by atoms with Gasteiger partial charge in [0.1, 0.15) is 11.6 Å². The lowest BCUT2D eigenvalue weighted by atomic mass is 9.92. The van der Waals surface area contributed by atoms with Crippen LogP contribution >= 0.6 is 0 Å². The summed E-state index contributed by atoms with van der Waals surface area (Å²) in [5, 5.41) is 0. The molecule has 2 aromatic rings. The molecule has 1 aliphatic carbocycles. The van der Waals surface area contributed by atoms with Gasteiger partial charge in [0.15, 0.2) is 17.5 Å². The Kier molecular flexibility index (Phi) is 2.85. The molecule has 0 amide bonds. The molecule has 0 aliphatic heterocycles. The van der Waals surface area contributed by atoms with Gasteiger partial charge in [0.25, 0.3) is 0 Å². The summed E-state index contributed by atoms with van der Waals surface area (Å²) in [6, 6.07) is 6.75. The van der Waals surface area contributed by atoms with E-state index >= 15 is 0 Å². The third-order valence-corrected chi connectivity index (χ3v) is 3.33. The Morgan fingerprint density at radius 1 is 0.700 bits per heavy atom. The molecule has 1 aliphatic rings. The second-order valence-electron chi connectivity index (χ2n) is 4.44. The molecule has 0 saturated carbocycles. The first-order chi connectivity index (χ1) is 9.52. The predicted molar refractivity (Wildman–Crippen MR) is 63.7 cm³/mol. The highest BCUT2D eigenvalue weighted by Gasteiger charge is 2.37. The summed E-state index contributed by atoms with van der Waals surface area (Å²) in [7, 11) is 0. The van der Waals surface area contributed by atoms with E-state index in [9.17, 15) is 22.0 Å².